The van der Waals surface area contributed by atoms with Crippen molar-refractivity contribution in [2.45, 2.75) is 40.2 Å². The number of aromatic nitrogens is 1. The summed E-state index contributed by atoms with van der Waals surface area (Å²) in [5.41, 5.74) is 3.37. The molecule has 0 unspecified atom stereocenters. The lowest BCUT2D eigenvalue weighted by molar-refractivity contribution is 0.452. The fraction of sp³-hybridized carbons (Fsp3) is 0.389. The molecule has 0 aliphatic carbocycles. The molecule has 112 valence electrons. The van der Waals surface area contributed by atoms with Crippen LogP contribution in [0.1, 0.15) is 43.5 Å². The fourth-order valence-corrected chi connectivity index (χ4v) is 2.29. The maximum absolute atomic E-state index is 6.03. The number of benzene rings is 1. The summed E-state index contributed by atoms with van der Waals surface area (Å²) < 4.78 is 6.03. The fourth-order valence-electron chi connectivity index (χ4n) is 2.29. The van der Waals surface area contributed by atoms with Gasteiger partial charge in [0.05, 0.1) is 0 Å². The van der Waals surface area contributed by atoms with Crippen LogP contribution in [0.3, 0.4) is 0 Å². The minimum Gasteiger partial charge on any atom is -0.439 e. The van der Waals surface area contributed by atoms with Crippen LogP contribution in [0.5, 0.6) is 11.6 Å². The smallest absolute Gasteiger partial charge is 0.219 e. The second-order valence-electron chi connectivity index (χ2n) is 5.53. The molecule has 3 nitrogen and oxygen atoms in total. The molecule has 0 aliphatic rings. The van der Waals surface area contributed by atoms with Crippen LogP contribution in [-0.4, -0.2) is 11.5 Å². The van der Waals surface area contributed by atoms with Crippen LogP contribution in [0.25, 0.3) is 0 Å². The van der Waals surface area contributed by atoms with Crippen molar-refractivity contribution in [1.29, 1.82) is 0 Å². The average Bonchev–Trinajstić information content (AvgIpc) is 2.45. The van der Waals surface area contributed by atoms with E-state index < -0.39 is 0 Å². The van der Waals surface area contributed by atoms with Crippen LogP contribution in [0.15, 0.2) is 36.4 Å². The molecule has 0 amide bonds. The molecule has 0 bridgehead atoms. The number of nitrogens with one attached hydrogen (secondary N) is 1. The Hall–Kier alpha value is -1.87. The van der Waals surface area contributed by atoms with Crippen molar-refractivity contribution in [3.8, 4) is 11.6 Å². The van der Waals surface area contributed by atoms with Crippen LogP contribution in [0.4, 0.5) is 0 Å². The van der Waals surface area contributed by atoms with Crippen molar-refractivity contribution in [2.75, 3.05) is 6.54 Å². The minimum absolute atomic E-state index is 0.423. The summed E-state index contributed by atoms with van der Waals surface area (Å²) in [7, 11) is 0. The molecule has 1 heterocycles. The van der Waals surface area contributed by atoms with Gasteiger partial charge in [0.1, 0.15) is 5.75 Å². The van der Waals surface area contributed by atoms with Gasteiger partial charge in [0.2, 0.25) is 5.88 Å². The maximum Gasteiger partial charge on any atom is 0.219 e. The van der Waals surface area contributed by atoms with Crippen molar-refractivity contribution < 1.29 is 4.74 Å². The molecule has 0 spiro atoms. The van der Waals surface area contributed by atoms with Gasteiger partial charge in [-0.3, -0.25) is 0 Å². The predicted molar refractivity (Wildman–Crippen MR) is 87.0 cm³/mol. The van der Waals surface area contributed by atoms with Crippen molar-refractivity contribution in [2.24, 2.45) is 0 Å². The molecular formula is C18H24N2O. The monoisotopic (exact) mass is 284 g/mol. The maximum atomic E-state index is 6.03. The van der Waals surface area contributed by atoms with E-state index in [-0.39, 0.29) is 0 Å². The Morgan fingerprint density at radius 1 is 1.19 bits per heavy atom. The zero-order valence-electron chi connectivity index (χ0n) is 13.3. The van der Waals surface area contributed by atoms with Crippen LogP contribution < -0.4 is 10.1 Å². The molecule has 0 radical (unpaired) electrons. The number of hydrogen-bond donors (Lipinski definition) is 1. The SMILES string of the molecule is CCNCc1cc(C)nc(Oc2ccccc2C(C)C)c1. The Morgan fingerprint density at radius 2 is 1.95 bits per heavy atom. The molecule has 21 heavy (non-hydrogen) atoms. The van der Waals surface area contributed by atoms with E-state index in [4.69, 9.17) is 4.74 Å². The molecule has 3 heteroatoms. The molecule has 0 atom stereocenters. The van der Waals surface area contributed by atoms with Crippen molar-refractivity contribution in [3.05, 3.63) is 53.2 Å². The summed E-state index contributed by atoms with van der Waals surface area (Å²) in [6.07, 6.45) is 0. The van der Waals surface area contributed by atoms with Gasteiger partial charge in [0.25, 0.3) is 0 Å². The standard InChI is InChI=1S/C18H24N2O/c1-5-19-12-15-10-14(4)20-18(11-15)21-17-9-7-6-8-16(17)13(2)3/h6-11,13,19H,5,12H2,1-4H3. The van der Waals surface area contributed by atoms with Crippen LogP contribution >= 0.6 is 0 Å². The van der Waals surface area contributed by atoms with E-state index in [0.29, 0.717) is 11.8 Å². The number of rotatable bonds is 6. The second kappa shape index (κ2) is 7.23. The molecule has 2 aromatic rings. The van der Waals surface area contributed by atoms with Gasteiger partial charge >= 0.3 is 0 Å². The summed E-state index contributed by atoms with van der Waals surface area (Å²) in [6.45, 7) is 10.2. The first-order valence-electron chi connectivity index (χ1n) is 7.55. The number of hydrogen-bond acceptors (Lipinski definition) is 3. The number of nitrogens with zero attached hydrogens (tertiary/aromatic N) is 1. The van der Waals surface area contributed by atoms with Gasteiger partial charge in [-0.25, -0.2) is 4.98 Å². The quantitative estimate of drug-likeness (QED) is 0.853. The third-order valence-electron chi connectivity index (χ3n) is 3.32. The lowest BCUT2D eigenvalue weighted by atomic mass is 10.0. The summed E-state index contributed by atoms with van der Waals surface area (Å²) in [4.78, 5) is 4.49. The van der Waals surface area contributed by atoms with Crippen LogP contribution in [0.2, 0.25) is 0 Å². The van der Waals surface area contributed by atoms with Gasteiger partial charge in [-0.2, -0.15) is 0 Å². The highest BCUT2D eigenvalue weighted by molar-refractivity contribution is 5.38. The van der Waals surface area contributed by atoms with Crippen molar-refractivity contribution in [3.63, 3.8) is 0 Å². The predicted octanol–water partition coefficient (Wildman–Crippen LogP) is 4.42. The first-order valence-corrected chi connectivity index (χ1v) is 7.55. The summed E-state index contributed by atoms with van der Waals surface area (Å²) in [5, 5.41) is 3.33. The molecule has 2 rings (SSSR count). The third kappa shape index (κ3) is 4.30. The first kappa shape index (κ1) is 15.5. The molecule has 1 aromatic carbocycles. The van der Waals surface area contributed by atoms with Gasteiger partial charge in [-0.05, 0) is 42.6 Å². The summed E-state index contributed by atoms with van der Waals surface area (Å²) in [5.74, 6) is 1.98. The largest absolute Gasteiger partial charge is 0.439 e. The molecule has 1 aromatic heterocycles. The number of ether oxygens (including phenoxy) is 1. The zero-order chi connectivity index (χ0) is 15.2. The molecule has 0 fully saturated rings. The minimum atomic E-state index is 0.423. The van der Waals surface area contributed by atoms with E-state index in [0.717, 1.165) is 24.5 Å². The van der Waals surface area contributed by atoms with Gasteiger partial charge in [0.15, 0.2) is 0 Å². The second-order valence-corrected chi connectivity index (χ2v) is 5.53. The molecule has 0 saturated carbocycles. The van der Waals surface area contributed by atoms with E-state index in [1.807, 2.05) is 31.2 Å². The number of para-hydroxylation sites is 1. The highest BCUT2D eigenvalue weighted by Crippen LogP contribution is 2.29. The zero-order valence-corrected chi connectivity index (χ0v) is 13.3. The topological polar surface area (TPSA) is 34.2 Å². The molecule has 0 aliphatic heterocycles. The Balaban J connectivity index is 2.25. The van der Waals surface area contributed by atoms with Crippen molar-refractivity contribution in [1.82, 2.24) is 10.3 Å². The summed E-state index contributed by atoms with van der Waals surface area (Å²) >= 11 is 0. The molecule has 0 saturated heterocycles. The number of pyridine rings is 1. The Kier molecular flexibility index (Phi) is 5.34. The average molecular weight is 284 g/mol. The highest BCUT2D eigenvalue weighted by atomic mass is 16.5. The Morgan fingerprint density at radius 3 is 2.67 bits per heavy atom. The lowest BCUT2D eigenvalue weighted by Gasteiger charge is -2.14. The highest BCUT2D eigenvalue weighted by Gasteiger charge is 2.09. The van der Waals surface area contributed by atoms with Gasteiger partial charge in [-0.15, -0.1) is 0 Å². The van der Waals surface area contributed by atoms with E-state index >= 15 is 0 Å². The third-order valence-corrected chi connectivity index (χ3v) is 3.32. The lowest BCUT2D eigenvalue weighted by Crippen LogP contribution is -2.12. The van der Waals surface area contributed by atoms with E-state index in [1.165, 1.54) is 11.1 Å². The van der Waals surface area contributed by atoms with Gasteiger partial charge in [-0.1, -0.05) is 39.0 Å². The Labute approximate surface area is 127 Å². The van der Waals surface area contributed by atoms with E-state index in [9.17, 15) is 0 Å². The molecular weight excluding hydrogens is 260 g/mol. The molecule has 1 N–H and O–H groups in total. The Bertz CT molecular complexity index is 594. The van der Waals surface area contributed by atoms with Gasteiger partial charge < -0.3 is 10.1 Å². The normalized spacial score (nSPS) is 10.9. The first-order chi connectivity index (χ1) is 10.1. The number of aryl methyl sites for hydroxylation is 1. The van der Waals surface area contributed by atoms with E-state index in [2.05, 4.69) is 43.2 Å². The van der Waals surface area contributed by atoms with Crippen molar-refractivity contribution >= 4 is 0 Å². The summed E-state index contributed by atoms with van der Waals surface area (Å²) in [6, 6.07) is 12.2. The van der Waals surface area contributed by atoms with E-state index in [1.54, 1.807) is 0 Å². The van der Waals surface area contributed by atoms with Gasteiger partial charge in [0, 0.05) is 18.3 Å². The van der Waals surface area contributed by atoms with Crippen LogP contribution in [-0.2, 0) is 6.54 Å². The van der Waals surface area contributed by atoms with Crippen LogP contribution in [0, 0.1) is 6.92 Å².